The minimum absolute atomic E-state index is 0.328. The molecule has 2 amide bonds. The van der Waals surface area contributed by atoms with Crippen LogP contribution >= 0.6 is 0 Å². The second kappa shape index (κ2) is 8.65. The van der Waals surface area contributed by atoms with Crippen molar-refractivity contribution in [1.29, 1.82) is 0 Å². The zero-order valence-corrected chi connectivity index (χ0v) is 16.9. The Balaban J connectivity index is 1.67. The van der Waals surface area contributed by atoms with Gasteiger partial charge in [0.15, 0.2) is 6.10 Å². The van der Waals surface area contributed by atoms with E-state index < -0.39 is 17.9 Å². The number of hydrogen-bond acceptors (Lipinski definition) is 4. The Morgan fingerprint density at radius 2 is 1.59 bits per heavy atom. The molecular formula is C23H24N2O4. The molecule has 0 saturated heterocycles. The minimum atomic E-state index is -0.783. The van der Waals surface area contributed by atoms with Crippen LogP contribution in [0.15, 0.2) is 54.6 Å². The van der Waals surface area contributed by atoms with Gasteiger partial charge < -0.3 is 9.47 Å². The quantitative estimate of drug-likeness (QED) is 0.649. The molecule has 0 bridgehead atoms. The molecule has 3 aromatic rings. The summed E-state index contributed by atoms with van der Waals surface area (Å²) in [6.45, 7) is 5.53. The van der Waals surface area contributed by atoms with Gasteiger partial charge in [-0.3, -0.25) is 20.4 Å². The van der Waals surface area contributed by atoms with Gasteiger partial charge in [0.05, 0.1) is 12.7 Å². The lowest BCUT2D eigenvalue weighted by Gasteiger charge is -2.17. The summed E-state index contributed by atoms with van der Waals surface area (Å²) in [6.07, 6.45) is -0.783. The average Bonchev–Trinajstić information content (AvgIpc) is 2.73. The SMILES string of the molecule is COc1cc2ccccc2cc1C(=O)NNC(=O)[C@H](C)Oc1cccc(C)c1C. The van der Waals surface area contributed by atoms with E-state index in [0.29, 0.717) is 17.1 Å². The second-order valence-corrected chi connectivity index (χ2v) is 6.80. The summed E-state index contributed by atoms with van der Waals surface area (Å²) in [4.78, 5) is 25.0. The molecule has 0 aliphatic carbocycles. The number of amides is 2. The topological polar surface area (TPSA) is 76.7 Å². The fraction of sp³-hybridized carbons (Fsp3) is 0.217. The molecule has 3 rings (SSSR count). The van der Waals surface area contributed by atoms with Crippen molar-refractivity contribution in [3.05, 3.63) is 71.3 Å². The lowest BCUT2D eigenvalue weighted by Crippen LogP contribution is -2.47. The van der Waals surface area contributed by atoms with Crippen LogP contribution in [0.2, 0.25) is 0 Å². The summed E-state index contributed by atoms with van der Waals surface area (Å²) in [6, 6.07) is 16.8. The van der Waals surface area contributed by atoms with Gasteiger partial charge in [-0.15, -0.1) is 0 Å². The molecule has 150 valence electrons. The third-order valence-electron chi connectivity index (χ3n) is 4.84. The van der Waals surface area contributed by atoms with E-state index in [4.69, 9.17) is 9.47 Å². The molecule has 0 aliphatic heterocycles. The lowest BCUT2D eigenvalue weighted by atomic mass is 10.1. The summed E-state index contributed by atoms with van der Waals surface area (Å²) in [5, 5.41) is 1.86. The second-order valence-electron chi connectivity index (χ2n) is 6.80. The van der Waals surface area contributed by atoms with Crippen LogP contribution in [-0.2, 0) is 4.79 Å². The van der Waals surface area contributed by atoms with Crippen LogP contribution < -0.4 is 20.3 Å². The fourth-order valence-corrected chi connectivity index (χ4v) is 2.95. The largest absolute Gasteiger partial charge is 0.496 e. The molecule has 0 saturated carbocycles. The molecule has 1 atom stereocenters. The highest BCUT2D eigenvalue weighted by Crippen LogP contribution is 2.26. The van der Waals surface area contributed by atoms with Gasteiger partial charge >= 0.3 is 0 Å². The first-order valence-electron chi connectivity index (χ1n) is 9.30. The lowest BCUT2D eigenvalue weighted by molar-refractivity contribution is -0.128. The van der Waals surface area contributed by atoms with E-state index in [9.17, 15) is 9.59 Å². The van der Waals surface area contributed by atoms with Crippen molar-refractivity contribution in [2.24, 2.45) is 0 Å². The first kappa shape index (κ1) is 20.2. The third-order valence-corrected chi connectivity index (χ3v) is 4.84. The molecule has 0 heterocycles. The smallest absolute Gasteiger partial charge is 0.279 e. The van der Waals surface area contributed by atoms with Crippen LogP contribution in [0.5, 0.6) is 11.5 Å². The van der Waals surface area contributed by atoms with E-state index in [1.807, 2.05) is 56.3 Å². The van der Waals surface area contributed by atoms with Gasteiger partial charge in [-0.2, -0.15) is 0 Å². The van der Waals surface area contributed by atoms with Crippen molar-refractivity contribution in [2.45, 2.75) is 26.9 Å². The Bertz CT molecular complexity index is 1060. The van der Waals surface area contributed by atoms with Gasteiger partial charge in [-0.05, 0) is 60.9 Å². The number of carbonyl (C=O) groups excluding carboxylic acids is 2. The summed E-state index contributed by atoms with van der Waals surface area (Å²) in [5.41, 5.74) is 7.22. The van der Waals surface area contributed by atoms with Gasteiger partial charge in [-0.1, -0.05) is 36.4 Å². The maximum Gasteiger partial charge on any atom is 0.279 e. The van der Waals surface area contributed by atoms with Gasteiger partial charge in [0, 0.05) is 0 Å². The van der Waals surface area contributed by atoms with Crippen LogP contribution in [0.25, 0.3) is 10.8 Å². The Morgan fingerprint density at radius 1 is 0.897 bits per heavy atom. The molecule has 0 aromatic heterocycles. The fourth-order valence-electron chi connectivity index (χ4n) is 2.95. The maximum atomic E-state index is 12.6. The Kier molecular flexibility index (Phi) is 6.02. The van der Waals surface area contributed by atoms with Crippen LogP contribution in [0.3, 0.4) is 0 Å². The van der Waals surface area contributed by atoms with Crippen molar-refractivity contribution in [3.63, 3.8) is 0 Å². The van der Waals surface area contributed by atoms with Crippen molar-refractivity contribution in [1.82, 2.24) is 10.9 Å². The summed E-state index contributed by atoms with van der Waals surface area (Å²) < 4.78 is 11.1. The maximum absolute atomic E-state index is 12.6. The van der Waals surface area contributed by atoms with Gasteiger partial charge in [0.25, 0.3) is 11.8 Å². The van der Waals surface area contributed by atoms with Crippen LogP contribution in [0.4, 0.5) is 0 Å². The molecular weight excluding hydrogens is 368 g/mol. The summed E-state index contributed by atoms with van der Waals surface area (Å²) in [7, 11) is 1.50. The molecule has 0 fully saturated rings. The van der Waals surface area contributed by atoms with Crippen molar-refractivity contribution in [3.8, 4) is 11.5 Å². The van der Waals surface area contributed by atoms with E-state index >= 15 is 0 Å². The van der Waals surface area contributed by atoms with Gasteiger partial charge in [0.1, 0.15) is 11.5 Å². The highest BCUT2D eigenvalue weighted by Gasteiger charge is 2.19. The van der Waals surface area contributed by atoms with Crippen LogP contribution in [-0.4, -0.2) is 25.0 Å². The van der Waals surface area contributed by atoms with E-state index in [0.717, 1.165) is 21.9 Å². The first-order chi connectivity index (χ1) is 13.9. The van der Waals surface area contributed by atoms with Crippen LogP contribution in [0.1, 0.15) is 28.4 Å². The third kappa shape index (κ3) is 4.48. The number of hydrogen-bond donors (Lipinski definition) is 2. The molecule has 6 nitrogen and oxygen atoms in total. The number of aryl methyl sites for hydroxylation is 1. The standard InChI is InChI=1S/C23H24N2O4/c1-14-8-7-11-20(15(14)2)29-16(3)22(26)24-25-23(27)19-12-17-9-5-6-10-18(17)13-21(19)28-4/h5-13,16H,1-4H3,(H,24,26)(H,25,27)/t16-/m0/s1. The highest BCUT2D eigenvalue weighted by molar-refractivity contribution is 6.02. The van der Waals surface area contributed by atoms with Crippen molar-refractivity contribution >= 4 is 22.6 Å². The molecule has 0 aliphatic rings. The number of ether oxygens (including phenoxy) is 2. The molecule has 0 spiro atoms. The van der Waals surface area contributed by atoms with Crippen molar-refractivity contribution in [2.75, 3.05) is 7.11 Å². The highest BCUT2D eigenvalue weighted by atomic mass is 16.5. The van der Waals surface area contributed by atoms with E-state index in [-0.39, 0.29) is 0 Å². The predicted octanol–water partition coefficient (Wildman–Crippen LogP) is 3.69. The summed E-state index contributed by atoms with van der Waals surface area (Å²) in [5.74, 6) is 0.129. The molecule has 6 heteroatoms. The van der Waals surface area contributed by atoms with Gasteiger partial charge in [0.2, 0.25) is 0 Å². The Hall–Kier alpha value is -3.54. The number of benzene rings is 3. The Morgan fingerprint density at radius 3 is 2.28 bits per heavy atom. The monoisotopic (exact) mass is 392 g/mol. The first-order valence-corrected chi connectivity index (χ1v) is 9.30. The normalized spacial score (nSPS) is 11.6. The van der Waals surface area contributed by atoms with E-state index in [1.165, 1.54) is 7.11 Å². The zero-order valence-electron chi connectivity index (χ0n) is 16.9. The van der Waals surface area contributed by atoms with Crippen LogP contribution in [0, 0.1) is 13.8 Å². The minimum Gasteiger partial charge on any atom is -0.496 e. The van der Waals surface area contributed by atoms with E-state index in [1.54, 1.807) is 19.1 Å². The van der Waals surface area contributed by atoms with E-state index in [2.05, 4.69) is 10.9 Å². The molecule has 0 unspecified atom stereocenters. The number of nitrogens with one attached hydrogen (secondary N) is 2. The number of hydrazine groups is 1. The molecule has 2 N–H and O–H groups in total. The summed E-state index contributed by atoms with van der Waals surface area (Å²) >= 11 is 0. The predicted molar refractivity (Wildman–Crippen MR) is 112 cm³/mol. The number of fused-ring (bicyclic) bond motifs is 1. The molecule has 3 aromatic carbocycles. The van der Waals surface area contributed by atoms with Crippen molar-refractivity contribution < 1.29 is 19.1 Å². The zero-order chi connectivity index (χ0) is 21.0. The number of rotatable bonds is 5. The van der Waals surface area contributed by atoms with Gasteiger partial charge in [-0.25, -0.2) is 0 Å². The molecule has 0 radical (unpaired) electrons. The Labute approximate surface area is 169 Å². The number of carbonyl (C=O) groups is 2. The average molecular weight is 392 g/mol. The molecule has 29 heavy (non-hydrogen) atoms. The number of methoxy groups -OCH3 is 1.